The molecule has 1 aromatic rings. The molecule has 0 aliphatic rings. The Kier molecular flexibility index (Phi) is 5.04. The second-order valence-electron chi connectivity index (χ2n) is 1.65. The van der Waals surface area contributed by atoms with Crippen molar-refractivity contribution in [3.8, 4) is 0 Å². The number of alkyl halides is 1. The minimum Gasteiger partial charge on any atom is -0.263 e. The van der Waals surface area contributed by atoms with Gasteiger partial charge < -0.3 is 0 Å². The van der Waals surface area contributed by atoms with Crippen molar-refractivity contribution >= 4 is 39.9 Å². The maximum absolute atomic E-state index is 5.64. The molecule has 0 bridgehead atoms. The Morgan fingerprint density at radius 1 is 1.50 bits per heavy atom. The predicted octanol–water partition coefficient (Wildman–Crippen LogP) is 3.05. The number of pyridine rings is 1. The van der Waals surface area contributed by atoms with Crippen LogP contribution in [0.25, 0.3) is 0 Å². The average Bonchev–Trinajstić information content (AvgIpc) is 1.88. The standard InChI is InChI=1S/C6H5BrClN.ClH/c7-2-5-1-6(8)4-9-3-5;/h1,3-4H,2H2;1H. The van der Waals surface area contributed by atoms with Gasteiger partial charge in [0, 0.05) is 17.7 Å². The lowest BCUT2D eigenvalue weighted by Crippen LogP contribution is -1.78. The highest BCUT2D eigenvalue weighted by molar-refractivity contribution is 9.08. The Hall–Kier alpha value is 0.210. The lowest BCUT2D eigenvalue weighted by molar-refractivity contribution is 1.26. The number of rotatable bonds is 1. The lowest BCUT2D eigenvalue weighted by atomic mass is 10.3. The van der Waals surface area contributed by atoms with Gasteiger partial charge in [0.25, 0.3) is 0 Å². The molecule has 0 unspecified atom stereocenters. The van der Waals surface area contributed by atoms with Crippen molar-refractivity contribution in [2.45, 2.75) is 5.33 Å². The van der Waals surface area contributed by atoms with Crippen molar-refractivity contribution in [3.63, 3.8) is 0 Å². The highest BCUT2D eigenvalue weighted by Gasteiger charge is 1.89. The van der Waals surface area contributed by atoms with E-state index in [1.165, 1.54) is 0 Å². The van der Waals surface area contributed by atoms with Crippen LogP contribution in [-0.2, 0) is 5.33 Å². The first-order chi connectivity index (χ1) is 4.33. The smallest absolute Gasteiger partial charge is 0.0592 e. The van der Waals surface area contributed by atoms with Gasteiger partial charge in [0.1, 0.15) is 0 Å². The van der Waals surface area contributed by atoms with Crippen LogP contribution in [0.2, 0.25) is 5.02 Å². The van der Waals surface area contributed by atoms with Crippen molar-refractivity contribution in [1.29, 1.82) is 0 Å². The molecule has 0 saturated carbocycles. The van der Waals surface area contributed by atoms with Crippen LogP contribution in [-0.4, -0.2) is 4.98 Å². The lowest BCUT2D eigenvalue weighted by Gasteiger charge is -1.91. The summed E-state index contributed by atoms with van der Waals surface area (Å²) in [5.41, 5.74) is 1.10. The fraction of sp³-hybridized carbons (Fsp3) is 0.167. The topological polar surface area (TPSA) is 12.9 Å². The van der Waals surface area contributed by atoms with Crippen LogP contribution in [0, 0.1) is 0 Å². The molecule has 0 amide bonds. The summed E-state index contributed by atoms with van der Waals surface area (Å²) in [6.45, 7) is 0. The zero-order chi connectivity index (χ0) is 6.69. The number of nitrogens with zero attached hydrogens (tertiary/aromatic N) is 1. The number of halogens is 3. The molecule has 0 aliphatic carbocycles. The van der Waals surface area contributed by atoms with Crippen molar-refractivity contribution in [1.82, 2.24) is 4.98 Å². The number of aromatic nitrogens is 1. The van der Waals surface area contributed by atoms with Crippen LogP contribution >= 0.6 is 39.9 Å². The molecule has 0 radical (unpaired) electrons. The van der Waals surface area contributed by atoms with Crippen molar-refractivity contribution in [3.05, 3.63) is 29.0 Å². The van der Waals surface area contributed by atoms with Gasteiger partial charge in [-0.25, -0.2) is 0 Å². The Morgan fingerprint density at radius 2 is 2.20 bits per heavy atom. The maximum Gasteiger partial charge on any atom is 0.0592 e. The molecule has 0 saturated heterocycles. The summed E-state index contributed by atoms with van der Waals surface area (Å²) in [5.74, 6) is 0. The largest absolute Gasteiger partial charge is 0.263 e. The quantitative estimate of drug-likeness (QED) is 0.690. The zero-order valence-electron chi connectivity index (χ0n) is 5.05. The van der Waals surface area contributed by atoms with E-state index < -0.39 is 0 Å². The van der Waals surface area contributed by atoms with E-state index >= 15 is 0 Å². The van der Waals surface area contributed by atoms with E-state index in [0.717, 1.165) is 10.9 Å². The van der Waals surface area contributed by atoms with Gasteiger partial charge in [0.05, 0.1) is 5.02 Å². The first kappa shape index (κ1) is 10.2. The molecule has 1 nitrogen and oxygen atoms in total. The van der Waals surface area contributed by atoms with Crippen molar-refractivity contribution in [2.24, 2.45) is 0 Å². The molecule has 4 heteroatoms. The van der Waals surface area contributed by atoms with Crippen molar-refractivity contribution < 1.29 is 0 Å². The molecular weight excluding hydrogens is 237 g/mol. The van der Waals surface area contributed by atoms with E-state index in [2.05, 4.69) is 20.9 Å². The minimum atomic E-state index is 0. The predicted molar refractivity (Wildman–Crippen MR) is 49.1 cm³/mol. The number of hydrogen-bond acceptors (Lipinski definition) is 1. The first-order valence-electron chi connectivity index (χ1n) is 2.48. The van der Waals surface area contributed by atoms with Gasteiger partial charge in [-0.15, -0.1) is 12.4 Å². The second kappa shape index (κ2) is 4.94. The van der Waals surface area contributed by atoms with Gasteiger partial charge in [-0.3, -0.25) is 4.98 Å². The van der Waals surface area contributed by atoms with Crippen LogP contribution in [0.1, 0.15) is 5.56 Å². The van der Waals surface area contributed by atoms with E-state index in [1.54, 1.807) is 12.4 Å². The Labute approximate surface area is 79.3 Å². The summed E-state index contributed by atoms with van der Waals surface area (Å²) in [4.78, 5) is 3.89. The normalized spacial score (nSPS) is 8.60. The highest BCUT2D eigenvalue weighted by atomic mass is 79.9. The van der Waals surface area contributed by atoms with Gasteiger partial charge in [-0.2, -0.15) is 0 Å². The van der Waals surface area contributed by atoms with Crippen molar-refractivity contribution in [2.75, 3.05) is 0 Å². The van der Waals surface area contributed by atoms with E-state index in [-0.39, 0.29) is 12.4 Å². The third kappa shape index (κ3) is 2.86. The van der Waals surface area contributed by atoms with Crippen LogP contribution in [0.3, 0.4) is 0 Å². The molecule has 1 heterocycles. The van der Waals surface area contributed by atoms with Crippen LogP contribution < -0.4 is 0 Å². The van der Waals surface area contributed by atoms with E-state index in [4.69, 9.17) is 11.6 Å². The Bertz CT molecular complexity index is 205. The molecule has 0 spiro atoms. The molecule has 1 aromatic heterocycles. The van der Waals surface area contributed by atoms with Gasteiger partial charge in [0.2, 0.25) is 0 Å². The average molecular weight is 243 g/mol. The van der Waals surface area contributed by atoms with Crippen LogP contribution in [0.5, 0.6) is 0 Å². The SMILES string of the molecule is Cl.Clc1cncc(CBr)c1. The summed E-state index contributed by atoms with van der Waals surface area (Å²) < 4.78 is 0. The van der Waals surface area contributed by atoms with E-state index in [1.807, 2.05) is 6.07 Å². The molecule has 0 aromatic carbocycles. The summed E-state index contributed by atoms with van der Waals surface area (Å²) in [7, 11) is 0. The van der Waals surface area contributed by atoms with Crippen LogP contribution in [0.4, 0.5) is 0 Å². The van der Waals surface area contributed by atoms with Gasteiger partial charge >= 0.3 is 0 Å². The molecule has 0 fully saturated rings. The molecule has 1 rings (SSSR count). The summed E-state index contributed by atoms with van der Waals surface area (Å²) >= 11 is 8.93. The number of hydrogen-bond donors (Lipinski definition) is 0. The summed E-state index contributed by atoms with van der Waals surface area (Å²) in [5, 5.41) is 1.49. The second-order valence-corrected chi connectivity index (χ2v) is 2.64. The third-order valence-corrected chi connectivity index (χ3v) is 1.77. The minimum absolute atomic E-state index is 0. The molecule has 0 atom stereocenters. The Morgan fingerprint density at radius 3 is 2.60 bits per heavy atom. The Balaban J connectivity index is 0.000000810. The molecule has 56 valence electrons. The first-order valence-corrected chi connectivity index (χ1v) is 3.98. The van der Waals surface area contributed by atoms with E-state index in [9.17, 15) is 0 Å². The van der Waals surface area contributed by atoms with Gasteiger partial charge in [-0.1, -0.05) is 27.5 Å². The zero-order valence-corrected chi connectivity index (χ0v) is 8.21. The molecular formula is C6H6BrCl2N. The molecule has 0 aliphatic heterocycles. The molecule has 10 heavy (non-hydrogen) atoms. The summed E-state index contributed by atoms with van der Waals surface area (Å²) in [6.07, 6.45) is 3.40. The van der Waals surface area contributed by atoms with Crippen LogP contribution in [0.15, 0.2) is 18.5 Å². The fourth-order valence-electron chi connectivity index (χ4n) is 0.529. The highest BCUT2D eigenvalue weighted by Crippen LogP contribution is 2.10. The van der Waals surface area contributed by atoms with Gasteiger partial charge in [0.15, 0.2) is 0 Å². The monoisotopic (exact) mass is 241 g/mol. The third-order valence-electron chi connectivity index (χ3n) is 0.916. The van der Waals surface area contributed by atoms with E-state index in [0.29, 0.717) is 5.02 Å². The molecule has 0 N–H and O–H groups in total. The maximum atomic E-state index is 5.64. The summed E-state index contributed by atoms with van der Waals surface area (Å²) in [6, 6.07) is 1.88. The van der Waals surface area contributed by atoms with Gasteiger partial charge in [-0.05, 0) is 11.6 Å². The fourth-order valence-corrected chi connectivity index (χ4v) is 1.03.